The summed E-state index contributed by atoms with van der Waals surface area (Å²) in [5.41, 5.74) is 0. The first-order valence-electron chi connectivity index (χ1n) is 8.06. The molecule has 1 saturated heterocycles. The number of hydrogen-bond donors (Lipinski definition) is 1. The second-order valence-corrected chi connectivity index (χ2v) is 5.76. The third-order valence-electron chi connectivity index (χ3n) is 3.80. The number of rotatable bonds is 8. The fourth-order valence-electron chi connectivity index (χ4n) is 2.46. The van der Waals surface area contributed by atoms with E-state index in [-0.39, 0.29) is 30.6 Å². The Labute approximate surface area is 159 Å². The van der Waals surface area contributed by atoms with Crippen molar-refractivity contribution < 1.29 is 22.6 Å². The Morgan fingerprint density at radius 3 is 2.58 bits per heavy atom. The van der Waals surface area contributed by atoms with Crippen LogP contribution in [-0.4, -0.2) is 70.6 Å². The fourth-order valence-corrected chi connectivity index (χ4v) is 2.46. The largest absolute Gasteiger partial charge is 0.411 e. The molecule has 0 aliphatic carbocycles. The van der Waals surface area contributed by atoms with Crippen LogP contribution in [0.25, 0.3) is 0 Å². The van der Waals surface area contributed by atoms with E-state index in [2.05, 4.69) is 15.0 Å². The van der Waals surface area contributed by atoms with E-state index in [0.717, 1.165) is 45.0 Å². The van der Waals surface area contributed by atoms with Crippen molar-refractivity contribution in [3.63, 3.8) is 0 Å². The van der Waals surface area contributed by atoms with Crippen LogP contribution in [0.3, 0.4) is 0 Å². The molecule has 5 nitrogen and oxygen atoms in total. The number of ether oxygens (including phenoxy) is 2. The van der Waals surface area contributed by atoms with Crippen LogP contribution in [0.5, 0.6) is 0 Å². The third kappa shape index (κ3) is 11.3. The maximum absolute atomic E-state index is 11.9. The van der Waals surface area contributed by atoms with Crippen LogP contribution in [0, 0.1) is 5.92 Å². The number of halogens is 4. The van der Waals surface area contributed by atoms with Gasteiger partial charge in [-0.05, 0) is 31.6 Å². The normalized spacial score (nSPS) is 16.6. The highest BCUT2D eigenvalue weighted by molar-refractivity contribution is 14.0. The molecule has 0 aromatic carbocycles. The van der Waals surface area contributed by atoms with E-state index in [1.54, 1.807) is 7.05 Å². The molecule has 0 atom stereocenters. The highest BCUT2D eigenvalue weighted by Gasteiger charge is 2.27. The van der Waals surface area contributed by atoms with Gasteiger partial charge in [-0.25, -0.2) is 0 Å². The number of nitrogens with one attached hydrogen (secondary N) is 1. The molecule has 1 N–H and O–H groups in total. The summed E-state index contributed by atoms with van der Waals surface area (Å²) in [6, 6.07) is 0. The van der Waals surface area contributed by atoms with E-state index in [0.29, 0.717) is 18.9 Å². The standard InChI is InChI=1S/C15H28F3N3O2.HI/c1-19-14(20-7-3-9-23-12-15(16,17)18)21(2)8-4-13-5-10-22-11-6-13;/h13H,3-12H2,1-2H3,(H,19,20);1H. The summed E-state index contributed by atoms with van der Waals surface area (Å²) >= 11 is 0. The van der Waals surface area contributed by atoms with Crippen LogP contribution in [0.15, 0.2) is 4.99 Å². The van der Waals surface area contributed by atoms with Crippen molar-refractivity contribution in [2.24, 2.45) is 10.9 Å². The molecule has 0 unspecified atom stereocenters. The molecular weight excluding hydrogens is 438 g/mol. The van der Waals surface area contributed by atoms with Gasteiger partial charge in [0.2, 0.25) is 0 Å². The van der Waals surface area contributed by atoms with Crippen molar-refractivity contribution >= 4 is 29.9 Å². The van der Waals surface area contributed by atoms with E-state index in [1.165, 1.54) is 0 Å². The smallest absolute Gasteiger partial charge is 0.381 e. The van der Waals surface area contributed by atoms with Gasteiger partial charge < -0.3 is 19.7 Å². The summed E-state index contributed by atoms with van der Waals surface area (Å²) in [5.74, 6) is 1.45. The Kier molecular flexibility index (Phi) is 12.8. The summed E-state index contributed by atoms with van der Waals surface area (Å²) in [4.78, 5) is 6.24. The molecule has 0 radical (unpaired) electrons. The van der Waals surface area contributed by atoms with Crippen molar-refractivity contribution in [1.29, 1.82) is 0 Å². The molecular formula is C15H29F3IN3O2. The minimum absolute atomic E-state index is 0. The molecule has 0 bridgehead atoms. The van der Waals surface area contributed by atoms with Crippen LogP contribution < -0.4 is 5.32 Å². The third-order valence-corrected chi connectivity index (χ3v) is 3.80. The van der Waals surface area contributed by atoms with Gasteiger partial charge >= 0.3 is 6.18 Å². The molecule has 1 aliphatic heterocycles. The lowest BCUT2D eigenvalue weighted by atomic mass is 9.96. The Balaban J connectivity index is 0.00000529. The van der Waals surface area contributed by atoms with Crippen LogP contribution in [0.1, 0.15) is 25.7 Å². The molecule has 1 fully saturated rings. The summed E-state index contributed by atoms with van der Waals surface area (Å²) < 4.78 is 45.7. The molecule has 0 aromatic rings. The minimum atomic E-state index is -4.26. The second-order valence-electron chi connectivity index (χ2n) is 5.76. The first kappa shape index (κ1) is 23.7. The van der Waals surface area contributed by atoms with Gasteiger partial charge in [-0.3, -0.25) is 4.99 Å². The molecule has 24 heavy (non-hydrogen) atoms. The van der Waals surface area contributed by atoms with Crippen molar-refractivity contribution in [2.45, 2.75) is 31.9 Å². The Morgan fingerprint density at radius 2 is 2.00 bits per heavy atom. The van der Waals surface area contributed by atoms with Crippen molar-refractivity contribution in [1.82, 2.24) is 10.2 Å². The molecule has 1 heterocycles. The van der Waals surface area contributed by atoms with Gasteiger partial charge in [0, 0.05) is 47.0 Å². The molecule has 0 saturated carbocycles. The SMILES string of the molecule is CN=C(NCCCOCC(F)(F)F)N(C)CCC1CCOCC1.I. The monoisotopic (exact) mass is 467 g/mol. The molecule has 0 spiro atoms. The first-order valence-corrected chi connectivity index (χ1v) is 8.06. The van der Waals surface area contributed by atoms with Crippen LogP contribution >= 0.6 is 24.0 Å². The summed E-state index contributed by atoms with van der Waals surface area (Å²) in [6.45, 7) is 2.02. The number of alkyl halides is 3. The van der Waals surface area contributed by atoms with Crippen LogP contribution in [0.4, 0.5) is 13.2 Å². The summed E-state index contributed by atoms with van der Waals surface area (Å²) in [5, 5.41) is 3.14. The quantitative estimate of drug-likeness (QED) is 0.258. The van der Waals surface area contributed by atoms with Crippen molar-refractivity contribution in [3.05, 3.63) is 0 Å². The first-order chi connectivity index (χ1) is 10.9. The Hall–Kier alpha value is -0.290. The van der Waals surface area contributed by atoms with Gasteiger partial charge in [-0.15, -0.1) is 24.0 Å². The summed E-state index contributed by atoms with van der Waals surface area (Å²) in [7, 11) is 3.67. The van der Waals surface area contributed by atoms with E-state index < -0.39 is 12.8 Å². The molecule has 1 aliphatic rings. The zero-order chi connectivity index (χ0) is 17.1. The zero-order valence-corrected chi connectivity index (χ0v) is 16.7. The number of guanidine groups is 1. The number of nitrogens with zero attached hydrogens (tertiary/aromatic N) is 2. The molecule has 144 valence electrons. The highest BCUT2D eigenvalue weighted by atomic mass is 127. The lowest BCUT2D eigenvalue weighted by Crippen LogP contribution is -2.40. The zero-order valence-electron chi connectivity index (χ0n) is 14.4. The van der Waals surface area contributed by atoms with E-state index >= 15 is 0 Å². The van der Waals surface area contributed by atoms with E-state index in [4.69, 9.17) is 4.74 Å². The fraction of sp³-hybridized carbons (Fsp3) is 0.933. The van der Waals surface area contributed by atoms with E-state index in [1.807, 2.05) is 11.9 Å². The van der Waals surface area contributed by atoms with Crippen LogP contribution in [0.2, 0.25) is 0 Å². The lowest BCUT2D eigenvalue weighted by molar-refractivity contribution is -0.173. The Morgan fingerprint density at radius 1 is 1.33 bits per heavy atom. The predicted molar refractivity (Wildman–Crippen MR) is 99.1 cm³/mol. The van der Waals surface area contributed by atoms with Crippen molar-refractivity contribution in [2.75, 3.05) is 53.6 Å². The summed E-state index contributed by atoms with van der Waals surface area (Å²) in [6.07, 6.45) is -0.446. The molecule has 0 amide bonds. The number of hydrogen-bond acceptors (Lipinski definition) is 3. The Bertz CT molecular complexity index is 351. The van der Waals surface area contributed by atoms with Gasteiger partial charge in [0.05, 0.1) is 0 Å². The lowest BCUT2D eigenvalue weighted by Gasteiger charge is -2.26. The molecule has 9 heteroatoms. The van der Waals surface area contributed by atoms with Gasteiger partial charge in [-0.1, -0.05) is 0 Å². The van der Waals surface area contributed by atoms with Gasteiger partial charge in [0.15, 0.2) is 5.96 Å². The average molecular weight is 467 g/mol. The predicted octanol–water partition coefficient (Wildman–Crippen LogP) is 2.90. The topological polar surface area (TPSA) is 46.1 Å². The maximum Gasteiger partial charge on any atom is 0.411 e. The van der Waals surface area contributed by atoms with Gasteiger partial charge in [0.1, 0.15) is 6.61 Å². The average Bonchev–Trinajstić information content (AvgIpc) is 2.52. The number of aliphatic imine (C=N–C) groups is 1. The van der Waals surface area contributed by atoms with Crippen LogP contribution in [-0.2, 0) is 9.47 Å². The van der Waals surface area contributed by atoms with Crippen molar-refractivity contribution in [3.8, 4) is 0 Å². The second kappa shape index (κ2) is 13.0. The minimum Gasteiger partial charge on any atom is -0.381 e. The maximum atomic E-state index is 11.9. The highest BCUT2D eigenvalue weighted by Crippen LogP contribution is 2.18. The van der Waals surface area contributed by atoms with E-state index in [9.17, 15) is 13.2 Å². The molecule has 1 rings (SSSR count). The van der Waals surface area contributed by atoms with Gasteiger partial charge in [0.25, 0.3) is 0 Å². The van der Waals surface area contributed by atoms with Gasteiger partial charge in [-0.2, -0.15) is 13.2 Å². The molecule has 0 aromatic heterocycles.